The zero-order chi connectivity index (χ0) is 14.8. The summed E-state index contributed by atoms with van der Waals surface area (Å²) in [6.07, 6.45) is 3.22. The predicted octanol–water partition coefficient (Wildman–Crippen LogP) is 0.817. The number of aromatic amines is 1. The molecule has 0 fully saturated rings. The van der Waals surface area contributed by atoms with Crippen molar-refractivity contribution >= 4 is 10.0 Å². The molecule has 2 rings (SSSR count). The Hall–Kier alpha value is -1.64. The Bertz CT molecular complexity index is 674. The monoisotopic (exact) mass is 298 g/mol. The third-order valence-corrected chi connectivity index (χ3v) is 4.56. The number of aromatic nitrogens is 2. The van der Waals surface area contributed by atoms with E-state index < -0.39 is 10.0 Å². The molecule has 0 radical (unpaired) electrons. The van der Waals surface area contributed by atoms with Gasteiger partial charge < -0.3 is 9.73 Å². The Morgan fingerprint density at radius 2 is 2.05 bits per heavy atom. The predicted molar refractivity (Wildman–Crippen MR) is 73.6 cm³/mol. The molecule has 3 N–H and O–H groups in total. The van der Waals surface area contributed by atoms with Crippen LogP contribution < -0.4 is 10.0 Å². The van der Waals surface area contributed by atoms with Gasteiger partial charge in [0.15, 0.2) is 0 Å². The highest BCUT2D eigenvalue weighted by Gasteiger charge is 2.26. The molecule has 0 saturated carbocycles. The van der Waals surface area contributed by atoms with Gasteiger partial charge in [-0.25, -0.2) is 13.1 Å². The van der Waals surface area contributed by atoms with Crippen molar-refractivity contribution in [3.8, 4) is 0 Å². The molecule has 8 heteroatoms. The molecule has 0 aliphatic carbocycles. The Morgan fingerprint density at radius 3 is 2.65 bits per heavy atom. The summed E-state index contributed by atoms with van der Waals surface area (Å²) in [7, 11) is -1.86. The van der Waals surface area contributed by atoms with Crippen LogP contribution in [0.5, 0.6) is 0 Å². The molecule has 0 aliphatic heterocycles. The van der Waals surface area contributed by atoms with E-state index in [1.165, 1.54) is 0 Å². The average molecular weight is 298 g/mol. The summed E-state index contributed by atoms with van der Waals surface area (Å²) >= 11 is 0. The van der Waals surface area contributed by atoms with Crippen molar-refractivity contribution in [2.24, 2.45) is 0 Å². The van der Waals surface area contributed by atoms with E-state index in [0.717, 1.165) is 5.56 Å². The molecule has 0 unspecified atom stereocenters. The van der Waals surface area contributed by atoms with E-state index in [9.17, 15) is 8.42 Å². The van der Waals surface area contributed by atoms with Crippen molar-refractivity contribution in [3.63, 3.8) is 0 Å². The van der Waals surface area contributed by atoms with Crippen LogP contribution in [-0.4, -0.2) is 25.7 Å². The Balaban J connectivity index is 2.29. The maximum absolute atomic E-state index is 12.4. The molecule has 0 aromatic carbocycles. The molecular formula is C12H18N4O3S. The van der Waals surface area contributed by atoms with Gasteiger partial charge >= 0.3 is 0 Å². The van der Waals surface area contributed by atoms with E-state index in [-0.39, 0.29) is 11.4 Å². The quantitative estimate of drug-likeness (QED) is 0.733. The highest BCUT2D eigenvalue weighted by molar-refractivity contribution is 7.89. The molecule has 0 aliphatic rings. The molecule has 0 saturated heterocycles. The van der Waals surface area contributed by atoms with Crippen molar-refractivity contribution in [1.29, 1.82) is 0 Å². The maximum atomic E-state index is 12.4. The van der Waals surface area contributed by atoms with Gasteiger partial charge in [0, 0.05) is 30.4 Å². The molecule has 0 amide bonds. The zero-order valence-electron chi connectivity index (χ0n) is 11.6. The smallest absolute Gasteiger partial charge is 0.244 e. The van der Waals surface area contributed by atoms with Crippen LogP contribution in [0.4, 0.5) is 0 Å². The summed E-state index contributed by atoms with van der Waals surface area (Å²) in [6.45, 7) is 4.03. The summed E-state index contributed by atoms with van der Waals surface area (Å²) in [4.78, 5) is 0.216. The Labute approximate surface area is 117 Å². The number of H-pyrrole nitrogens is 1. The summed E-state index contributed by atoms with van der Waals surface area (Å²) in [6, 6.07) is 0. The van der Waals surface area contributed by atoms with E-state index in [4.69, 9.17) is 4.42 Å². The van der Waals surface area contributed by atoms with Gasteiger partial charge in [-0.15, -0.1) is 0 Å². The van der Waals surface area contributed by atoms with Crippen LogP contribution in [0.2, 0.25) is 0 Å². The lowest BCUT2D eigenvalue weighted by Gasteiger charge is -2.07. The van der Waals surface area contributed by atoms with E-state index in [0.29, 0.717) is 23.6 Å². The molecule has 2 aromatic rings. The van der Waals surface area contributed by atoms with Gasteiger partial charge in [0.25, 0.3) is 0 Å². The fourth-order valence-corrected chi connectivity index (χ4v) is 3.53. The number of nitrogens with zero attached hydrogens (tertiary/aromatic N) is 1. The number of furan rings is 1. The highest BCUT2D eigenvalue weighted by Crippen LogP contribution is 2.26. The minimum Gasteiger partial charge on any atom is -0.465 e. The number of nitrogens with one attached hydrogen (secondary N) is 3. The lowest BCUT2D eigenvalue weighted by atomic mass is 10.2. The zero-order valence-corrected chi connectivity index (χ0v) is 12.5. The van der Waals surface area contributed by atoms with Gasteiger partial charge in [-0.1, -0.05) is 0 Å². The number of hydrogen-bond acceptors (Lipinski definition) is 5. The third kappa shape index (κ3) is 2.92. The topological polar surface area (TPSA) is 100 Å². The highest BCUT2D eigenvalue weighted by atomic mass is 32.2. The first kappa shape index (κ1) is 14.8. The van der Waals surface area contributed by atoms with Gasteiger partial charge in [0.2, 0.25) is 10.0 Å². The lowest BCUT2D eigenvalue weighted by molar-refractivity contribution is 0.493. The minimum absolute atomic E-state index is 0.182. The fourth-order valence-electron chi connectivity index (χ4n) is 2.07. The lowest BCUT2D eigenvalue weighted by Crippen LogP contribution is -2.25. The Morgan fingerprint density at radius 1 is 1.30 bits per heavy atom. The summed E-state index contributed by atoms with van der Waals surface area (Å²) in [5.74, 6) is 1.01. The molecule has 20 heavy (non-hydrogen) atoms. The summed E-state index contributed by atoms with van der Waals surface area (Å²) in [5.41, 5.74) is 1.42. The van der Waals surface area contributed by atoms with Crippen molar-refractivity contribution < 1.29 is 12.8 Å². The van der Waals surface area contributed by atoms with Crippen LogP contribution >= 0.6 is 0 Å². The Kier molecular flexibility index (Phi) is 4.26. The van der Waals surface area contributed by atoms with Crippen molar-refractivity contribution in [2.75, 3.05) is 7.05 Å². The summed E-state index contributed by atoms with van der Waals surface area (Å²) in [5, 5.41) is 9.37. The van der Waals surface area contributed by atoms with E-state index in [2.05, 4.69) is 20.2 Å². The normalized spacial score (nSPS) is 11.9. The second-order valence-corrected chi connectivity index (χ2v) is 6.19. The summed E-state index contributed by atoms with van der Waals surface area (Å²) < 4.78 is 32.9. The number of hydrogen-bond donors (Lipinski definition) is 3. The molecular weight excluding hydrogens is 280 g/mol. The van der Waals surface area contributed by atoms with Crippen molar-refractivity contribution in [2.45, 2.75) is 31.8 Å². The van der Waals surface area contributed by atoms with Gasteiger partial charge in [-0.2, -0.15) is 5.10 Å². The molecule has 2 aromatic heterocycles. The third-order valence-electron chi connectivity index (χ3n) is 2.97. The standard InChI is InChI=1S/C12H18N4O3S/c1-8-11(7-13-3)12(9(2)19-8)20(17,18)16-6-10-4-14-15-5-10/h4-5,13,16H,6-7H2,1-3H3,(H,14,15). The van der Waals surface area contributed by atoms with Gasteiger partial charge in [0.05, 0.1) is 6.20 Å². The van der Waals surface area contributed by atoms with Crippen LogP contribution in [-0.2, 0) is 23.1 Å². The van der Waals surface area contributed by atoms with E-state index in [1.807, 2.05) is 0 Å². The molecule has 0 atom stereocenters. The average Bonchev–Trinajstić information content (AvgIpc) is 2.97. The molecule has 110 valence electrons. The number of sulfonamides is 1. The minimum atomic E-state index is -3.62. The van der Waals surface area contributed by atoms with Crippen LogP contribution in [0, 0.1) is 13.8 Å². The molecule has 0 bridgehead atoms. The van der Waals surface area contributed by atoms with Crippen LogP contribution in [0.3, 0.4) is 0 Å². The van der Waals surface area contributed by atoms with Crippen LogP contribution in [0.1, 0.15) is 22.6 Å². The van der Waals surface area contributed by atoms with Gasteiger partial charge in [0.1, 0.15) is 16.4 Å². The van der Waals surface area contributed by atoms with Gasteiger partial charge in [-0.3, -0.25) is 5.10 Å². The first-order valence-electron chi connectivity index (χ1n) is 6.16. The first-order valence-corrected chi connectivity index (χ1v) is 7.65. The van der Waals surface area contributed by atoms with Crippen molar-refractivity contribution in [1.82, 2.24) is 20.2 Å². The van der Waals surface area contributed by atoms with E-state index in [1.54, 1.807) is 33.3 Å². The van der Waals surface area contributed by atoms with E-state index >= 15 is 0 Å². The second kappa shape index (κ2) is 5.78. The molecule has 2 heterocycles. The van der Waals surface area contributed by atoms with Crippen LogP contribution in [0.15, 0.2) is 21.7 Å². The first-order chi connectivity index (χ1) is 9.45. The molecule has 0 spiro atoms. The SMILES string of the molecule is CNCc1c(C)oc(C)c1S(=O)(=O)NCc1cn[nH]c1. The number of rotatable bonds is 6. The fraction of sp³-hybridized carbons (Fsp3) is 0.417. The number of aryl methyl sites for hydroxylation is 2. The van der Waals surface area contributed by atoms with Crippen molar-refractivity contribution in [3.05, 3.63) is 35.0 Å². The maximum Gasteiger partial charge on any atom is 0.244 e. The van der Waals surface area contributed by atoms with Gasteiger partial charge in [-0.05, 0) is 20.9 Å². The second-order valence-electron chi connectivity index (χ2n) is 4.48. The molecule has 7 nitrogen and oxygen atoms in total. The van der Waals surface area contributed by atoms with Crippen LogP contribution in [0.25, 0.3) is 0 Å². The largest absolute Gasteiger partial charge is 0.465 e.